The molecule has 0 spiro atoms. The highest BCUT2D eigenvalue weighted by atomic mass is 32.2. The van der Waals surface area contributed by atoms with Crippen molar-refractivity contribution in [1.82, 2.24) is 4.90 Å². The molecule has 1 unspecified atom stereocenters. The third kappa shape index (κ3) is 3.85. The topological polar surface area (TPSA) is 49.4 Å². The predicted octanol–water partition coefficient (Wildman–Crippen LogP) is 3.84. The summed E-state index contributed by atoms with van der Waals surface area (Å²) in [7, 11) is 0. The molecular weight excluding hydrogens is 365 g/mol. The van der Waals surface area contributed by atoms with E-state index in [1.165, 1.54) is 23.6 Å². The fourth-order valence-corrected chi connectivity index (χ4v) is 3.92. The molecule has 2 amide bonds. The molecule has 0 bridgehead atoms. The summed E-state index contributed by atoms with van der Waals surface area (Å²) in [4.78, 5) is 24.8. The van der Waals surface area contributed by atoms with Gasteiger partial charge in [0.25, 0.3) is 0 Å². The highest BCUT2D eigenvalue weighted by molar-refractivity contribution is 8.00. The van der Waals surface area contributed by atoms with Crippen LogP contribution in [0.15, 0.2) is 36.4 Å². The van der Waals surface area contributed by atoms with Crippen LogP contribution < -0.4 is 5.32 Å². The minimum Gasteiger partial charge on any atom is -0.326 e. The molecule has 2 aromatic rings. The lowest BCUT2D eigenvalue weighted by molar-refractivity contribution is -0.128. The SMILES string of the molecule is CC(=O)Nc1ccc(C2SCC(=O)N2Cc2cc(F)c(F)c(F)c2)cc1. The summed E-state index contributed by atoms with van der Waals surface area (Å²) in [5.74, 6) is -4.21. The van der Waals surface area contributed by atoms with E-state index in [1.807, 2.05) is 0 Å². The molecule has 0 radical (unpaired) electrons. The van der Waals surface area contributed by atoms with Gasteiger partial charge >= 0.3 is 0 Å². The Kier molecular flexibility index (Phi) is 5.22. The number of hydrogen-bond donors (Lipinski definition) is 1. The molecule has 8 heteroatoms. The molecule has 1 atom stereocenters. The Morgan fingerprint density at radius 2 is 1.81 bits per heavy atom. The van der Waals surface area contributed by atoms with Crippen LogP contribution in [0, 0.1) is 17.5 Å². The van der Waals surface area contributed by atoms with Gasteiger partial charge in [-0.05, 0) is 35.4 Å². The average Bonchev–Trinajstić information content (AvgIpc) is 2.94. The van der Waals surface area contributed by atoms with Crippen molar-refractivity contribution in [3.05, 3.63) is 65.0 Å². The van der Waals surface area contributed by atoms with E-state index in [0.717, 1.165) is 17.7 Å². The van der Waals surface area contributed by atoms with Gasteiger partial charge in [-0.1, -0.05) is 12.1 Å². The molecule has 1 aliphatic heterocycles. The number of benzene rings is 2. The van der Waals surface area contributed by atoms with Crippen LogP contribution in [0.3, 0.4) is 0 Å². The molecular formula is C18H15F3N2O2S. The van der Waals surface area contributed by atoms with E-state index in [4.69, 9.17) is 0 Å². The summed E-state index contributed by atoms with van der Waals surface area (Å²) in [6, 6.07) is 8.78. The van der Waals surface area contributed by atoms with Gasteiger partial charge in [0.05, 0.1) is 5.75 Å². The molecule has 0 aromatic heterocycles. The van der Waals surface area contributed by atoms with Crippen molar-refractivity contribution in [1.29, 1.82) is 0 Å². The van der Waals surface area contributed by atoms with E-state index in [2.05, 4.69) is 5.32 Å². The largest absolute Gasteiger partial charge is 0.326 e. The number of thioether (sulfide) groups is 1. The molecule has 1 N–H and O–H groups in total. The van der Waals surface area contributed by atoms with Gasteiger partial charge in [0.1, 0.15) is 5.37 Å². The normalized spacial score (nSPS) is 16.8. The molecule has 136 valence electrons. The molecule has 26 heavy (non-hydrogen) atoms. The maximum atomic E-state index is 13.4. The van der Waals surface area contributed by atoms with Crippen molar-refractivity contribution in [2.75, 3.05) is 11.1 Å². The van der Waals surface area contributed by atoms with E-state index in [1.54, 1.807) is 24.3 Å². The number of hydrogen-bond acceptors (Lipinski definition) is 3. The lowest BCUT2D eigenvalue weighted by Crippen LogP contribution is -2.27. The van der Waals surface area contributed by atoms with Crippen molar-refractivity contribution in [2.45, 2.75) is 18.8 Å². The van der Waals surface area contributed by atoms with Gasteiger partial charge in [-0.2, -0.15) is 0 Å². The molecule has 3 rings (SSSR count). The number of nitrogens with zero attached hydrogens (tertiary/aromatic N) is 1. The zero-order chi connectivity index (χ0) is 18.8. The Hall–Kier alpha value is -2.48. The summed E-state index contributed by atoms with van der Waals surface area (Å²) in [6.07, 6.45) is 0. The van der Waals surface area contributed by atoms with Crippen LogP contribution in [-0.4, -0.2) is 22.5 Å². The molecule has 1 fully saturated rings. The summed E-state index contributed by atoms with van der Waals surface area (Å²) >= 11 is 1.39. The van der Waals surface area contributed by atoms with Crippen LogP contribution in [0.1, 0.15) is 23.4 Å². The van der Waals surface area contributed by atoms with Crippen molar-refractivity contribution in [2.24, 2.45) is 0 Å². The number of rotatable bonds is 4. The molecule has 1 aliphatic rings. The van der Waals surface area contributed by atoms with E-state index in [9.17, 15) is 22.8 Å². The summed E-state index contributed by atoms with van der Waals surface area (Å²) < 4.78 is 39.9. The number of anilines is 1. The van der Waals surface area contributed by atoms with E-state index < -0.39 is 17.5 Å². The quantitative estimate of drug-likeness (QED) is 0.820. The second-order valence-corrected chi connectivity index (χ2v) is 6.93. The van der Waals surface area contributed by atoms with Gasteiger partial charge in [0.2, 0.25) is 11.8 Å². The molecule has 4 nitrogen and oxygen atoms in total. The minimum atomic E-state index is -1.53. The first-order valence-corrected chi connectivity index (χ1v) is 8.82. The van der Waals surface area contributed by atoms with Gasteiger partial charge in [-0.25, -0.2) is 13.2 Å². The molecule has 2 aromatic carbocycles. The predicted molar refractivity (Wildman–Crippen MR) is 92.8 cm³/mol. The van der Waals surface area contributed by atoms with Crippen LogP contribution in [0.5, 0.6) is 0 Å². The Morgan fingerprint density at radius 3 is 2.38 bits per heavy atom. The van der Waals surface area contributed by atoms with E-state index >= 15 is 0 Å². The third-order valence-electron chi connectivity index (χ3n) is 3.88. The molecule has 0 aliphatic carbocycles. The number of carbonyl (C=O) groups excluding carboxylic acids is 2. The van der Waals surface area contributed by atoms with Crippen LogP contribution in [0.4, 0.5) is 18.9 Å². The summed E-state index contributed by atoms with van der Waals surface area (Å²) in [6.45, 7) is 1.38. The smallest absolute Gasteiger partial charge is 0.234 e. The van der Waals surface area contributed by atoms with Gasteiger partial charge in [0, 0.05) is 19.2 Å². The average molecular weight is 380 g/mol. The van der Waals surface area contributed by atoms with Gasteiger partial charge in [-0.3, -0.25) is 9.59 Å². The van der Waals surface area contributed by atoms with Crippen molar-refractivity contribution < 1.29 is 22.8 Å². The number of halogens is 3. The maximum Gasteiger partial charge on any atom is 0.234 e. The van der Waals surface area contributed by atoms with Gasteiger partial charge in [-0.15, -0.1) is 11.8 Å². The maximum absolute atomic E-state index is 13.4. The van der Waals surface area contributed by atoms with E-state index in [-0.39, 0.29) is 35.0 Å². The van der Waals surface area contributed by atoms with Crippen LogP contribution in [0.2, 0.25) is 0 Å². The van der Waals surface area contributed by atoms with Crippen LogP contribution in [0.25, 0.3) is 0 Å². The first-order chi connectivity index (χ1) is 12.3. The second-order valence-electron chi connectivity index (χ2n) is 5.86. The number of amides is 2. The summed E-state index contributed by atoms with van der Waals surface area (Å²) in [5.41, 5.74) is 1.62. The van der Waals surface area contributed by atoms with Gasteiger partial charge in [0.15, 0.2) is 17.5 Å². The molecule has 1 saturated heterocycles. The Morgan fingerprint density at radius 1 is 1.19 bits per heavy atom. The lowest BCUT2D eigenvalue weighted by Gasteiger charge is -2.24. The lowest BCUT2D eigenvalue weighted by atomic mass is 10.1. The second kappa shape index (κ2) is 7.41. The monoisotopic (exact) mass is 380 g/mol. The Labute approximate surface area is 152 Å². The van der Waals surface area contributed by atoms with Gasteiger partial charge < -0.3 is 10.2 Å². The minimum absolute atomic E-state index is 0.0297. The Balaban J connectivity index is 1.82. The molecule has 0 saturated carbocycles. The summed E-state index contributed by atoms with van der Waals surface area (Å²) in [5, 5.41) is 2.33. The number of nitrogens with one attached hydrogen (secondary N) is 1. The van der Waals surface area contributed by atoms with E-state index in [0.29, 0.717) is 5.69 Å². The highest BCUT2D eigenvalue weighted by Crippen LogP contribution is 2.40. The first-order valence-electron chi connectivity index (χ1n) is 7.77. The fourth-order valence-electron chi connectivity index (χ4n) is 2.73. The Bertz CT molecular complexity index is 835. The highest BCUT2D eigenvalue weighted by Gasteiger charge is 2.33. The van der Waals surface area contributed by atoms with Crippen molar-refractivity contribution in [3.8, 4) is 0 Å². The zero-order valence-corrected chi connectivity index (χ0v) is 14.6. The van der Waals surface area contributed by atoms with Crippen molar-refractivity contribution in [3.63, 3.8) is 0 Å². The van der Waals surface area contributed by atoms with Crippen molar-refractivity contribution >= 4 is 29.3 Å². The fraction of sp³-hybridized carbons (Fsp3) is 0.222. The zero-order valence-electron chi connectivity index (χ0n) is 13.8. The van der Waals surface area contributed by atoms with Crippen LogP contribution in [-0.2, 0) is 16.1 Å². The first kappa shape index (κ1) is 18.3. The number of carbonyl (C=O) groups is 2. The standard InChI is InChI=1S/C18H15F3N2O2S/c1-10(24)22-13-4-2-12(3-5-13)18-23(16(25)9-26-18)8-11-6-14(19)17(21)15(20)7-11/h2-7,18H,8-9H2,1H3,(H,22,24). The third-order valence-corrected chi connectivity index (χ3v) is 5.14. The van der Waals surface area contributed by atoms with Crippen LogP contribution >= 0.6 is 11.8 Å². The molecule has 1 heterocycles.